The number of anilines is 1. The van der Waals surface area contributed by atoms with E-state index in [2.05, 4.69) is 5.32 Å². The molecule has 1 amide bonds. The second-order valence-corrected chi connectivity index (χ2v) is 4.68. The third-order valence-electron chi connectivity index (χ3n) is 2.63. The zero-order chi connectivity index (χ0) is 13.8. The Bertz CT molecular complexity index is 614. The summed E-state index contributed by atoms with van der Waals surface area (Å²) in [6, 6.07) is 8.51. The van der Waals surface area contributed by atoms with Crippen LogP contribution < -0.4 is 9.88 Å². The van der Waals surface area contributed by atoms with Crippen LogP contribution in [0.3, 0.4) is 0 Å². The summed E-state index contributed by atoms with van der Waals surface area (Å²) in [5.74, 6) is -0.0426. The lowest BCUT2D eigenvalue weighted by atomic mass is 10.2. The van der Waals surface area contributed by atoms with Gasteiger partial charge in [0.25, 0.3) is 5.91 Å². The Morgan fingerprint density at radius 2 is 2.21 bits per heavy atom. The van der Waals surface area contributed by atoms with Crippen molar-refractivity contribution < 1.29 is 14.5 Å². The molecule has 0 saturated heterocycles. The fourth-order valence-electron chi connectivity index (χ4n) is 1.73. The smallest absolute Gasteiger partial charge is 0.290 e. The number of aromatic nitrogens is 1. The van der Waals surface area contributed by atoms with Gasteiger partial charge in [0.15, 0.2) is 11.9 Å². The van der Waals surface area contributed by atoms with Crippen LogP contribution in [-0.2, 0) is 11.3 Å². The van der Waals surface area contributed by atoms with Crippen LogP contribution in [-0.4, -0.2) is 11.0 Å². The Hall–Kier alpha value is -2.07. The number of rotatable bonds is 3. The van der Waals surface area contributed by atoms with Gasteiger partial charge >= 0.3 is 0 Å². The Morgan fingerprint density at radius 3 is 2.89 bits per heavy atom. The minimum absolute atomic E-state index is 0.123. The van der Waals surface area contributed by atoms with Crippen LogP contribution in [0.2, 0.25) is 5.02 Å². The normalized spacial score (nSPS) is 10.2. The number of amides is 1. The molecule has 1 heterocycles. The molecule has 0 bridgehead atoms. The molecule has 2 aromatic rings. The highest BCUT2D eigenvalue weighted by molar-refractivity contribution is 6.30. The van der Waals surface area contributed by atoms with Crippen LogP contribution in [0.15, 0.2) is 42.7 Å². The summed E-state index contributed by atoms with van der Waals surface area (Å²) in [5.41, 5.74) is 1.64. The van der Waals surface area contributed by atoms with E-state index >= 15 is 0 Å². The van der Waals surface area contributed by atoms with Crippen molar-refractivity contribution in [1.29, 1.82) is 0 Å². The molecule has 0 radical (unpaired) electrons. The largest absolute Gasteiger partial charge is 0.503 e. The first-order chi connectivity index (χ1) is 9.04. The number of nitrogens with zero attached hydrogens (tertiary/aromatic N) is 1. The number of carbonyl (C=O) groups is 1. The summed E-state index contributed by atoms with van der Waals surface area (Å²) in [4.78, 5) is 11.9. The summed E-state index contributed by atoms with van der Waals surface area (Å²) in [6.45, 7) is 2.01. The summed E-state index contributed by atoms with van der Waals surface area (Å²) < 4.78 is 1.61. The van der Waals surface area contributed by atoms with Crippen molar-refractivity contribution in [1.82, 2.24) is 0 Å². The molecule has 0 saturated carbocycles. The topological polar surface area (TPSA) is 53.2 Å². The van der Waals surface area contributed by atoms with E-state index in [0.29, 0.717) is 5.02 Å². The van der Waals surface area contributed by atoms with E-state index in [0.717, 1.165) is 11.3 Å². The lowest BCUT2D eigenvalue weighted by molar-refractivity contribution is -0.684. The summed E-state index contributed by atoms with van der Waals surface area (Å²) in [7, 11) is 0. The number of hydrogen-bond donors (Lipinski definition) is 2. The van der Waals surface area contributed by atoms with Crippen molar-refractivity contribution in [3.05, 3.63) is 53.3 Å². The molecular weight excluding hydrogens is 264 g/mol. The summed E-state index contributed by atoms with van der Waals surface area (Å²) in [6.07, 6.45) is 3.21. The molecule has 0 unspecified atom stereocenters. The number of nitrogens with one attached hydrogen (secondary N) is 1. The van der Waals surface area contributed by atoms with Gasteiger partial charge in [0.1, 0.15) is 0 Å². The molecular formula is C14H14ClN2O2+. The standard InChI is InChI=1S/C14H13ClN2O2/c1-10-7-11(15)4-5-13(10)16-14(19)9-17-6-2-3-12(18)8-17/h2-8H,9H2,1H3,(H-,16,18,19)/p+1. The van der Waals surface area contributed by atoms with Crippen LogP contribution >= 0.6 is 11.6 Å². The van der Waals surface area contributed by atoms with Crippen molar-refractivity contribution in [2.45, 2.75) is 13.5 Å². The van der Waals surface area contributed by atoms with E-state index in [-0.39, 0.29) is 18.2 Å². The van der Waals surface area contributed by atoms with Gasteiger partial charge in [-0.1, -0.05) is 11.6 Å². The molecule has 0 aliphatic carbocycles. The number of aromatic hydroxyl groups is 1. The molecule has 0 atom stereocenters. The number of pyridine rings is 1. The predicted molar refractivity (Wildman–Crippen MR) is 73.1 cm³/mol. The van der Waals surface area contributed by atoms with E-state index in [1.54, 1.807) is 41.1 Å². The quantitative estimate of drug-likeness (QED) is 0.846. The maximum absolute atomic E-state index is 11.9. The minimum atomic E-state index is -0.166. The molecule has 1 aromatic carbocycles. The fraction of sp³-hybridized carbons (Fsp3) is 0.143. The number of carbonyl (C=O) groups excluding carboxylic acids is 1. The SMILES string of the molecule is Cc1cc(Cl)ccc1NC(=O)C[n+]1cccc(O)c1. The van der Waals surface area contributed by atoms with Gasteiger partial charge in [-0.05, 0) is 36.8 Å². The number of aryl methyl sites for hydroxylation is 1. The number of benzene rings is 1. The van der Waals surface area contributed by atoms with E-state index in [9.17, 15) is 9.90 Å². The van der Waals surface area contributed by atoms with E-state index in [1.807, 2.05) is 6.92 Å². The highest BCUT2D eigenvalue weighted by atomic mass is 35.5. The van der Waals surface area contributed by atoms with Crippen LogP contribution in [0.25, 0.3) is 0 Å². The van der Waals surface area contributed by atoms with Crippen molar-refractivity contribution >= 4 is 23.2 Å². The lowest BCUT2D eigenvalue weighted by Crippen LogP contribution is -2.39. The summed E-state index contributed by atoms with van der Waals surface area (Å²) in [5, 5.41) is 12.8. The Morgan fingerprint density at radius 1 is 1.42 bits per heavy atom. The Labute approximate surface area is 116 Å². The molecule has 0 fully saturated rings. The first kappa shape index (κ1) is 13.4. The Balaban J connectivity index is 2.05. The van der Waals surface area contributed by atoms with Gasteiger partial charge < -0.3 is 10.4 Å². The highest BCUT2D eigenvalue weighted by Gasteiger charge is 2.11. The maximum Gasteiger partial charge on any atom is 0.290 e. The molecule has 5 heteroatoms. The van der Waals surface area contributed by atoms with Gasteiger partial charge in [-0.25, -0.2) is 0 Å². The number of hydrogen-bond acceptors (Lipinski definition) is 2. The van der Waals surface area contributed by atoms with Crippen LogP contribution in [0.1, 0.15) is 5.56 Å². The molecule has 0 aliphatic heterocycles. The molecule has 98 valence electrons. The van der Waals surface area contributed by atoms with Crippen molar-refractivity contribution in [2.75, 3.05) is 5.32 Å². The van der Waals surface area contributed by atoms with E-state index in [4.69, 9.17) is 11.6 Å². The third-order valence-corrected chi connectivity index (χ3v) is 2.87. The molecule has 19 heavy (non-hydrogen) atoms. The van der Waals surface area contributed by atoms with Gasteiger partial charge in [0.2, 0.25) is 12.7 Å². The zero-order valence-corrected chi connectivity index (χ0v) is 11.2. The van der Waals surface area contributed by atoms with Crippen molar-refractivity contribution in [2.24, 2.45) is 0 Å². The summed E-state index contributed by atoms with van der Waals surface area (Å²) >= 11 is 5.86. The molecule has 4 nitrogen and oxygen atoms in total. The number of halogens is 1. The molecule has 1 aromatic heterocycles. The van der Waals surface area contributed by atoms with Gasteiger partial charge in [0.05, 0.1) is 0 Å². The van der Waals surface area contributed by atoms with Crippen LogP contribution in [0.4, 0.5) is 5.69 Å². The fourth-order valence-corrected chi connectivity index (χ4v) is 1.96. The molecule has 2 rings (SSSR count). The molecule has 0 aliphatic rings. The maximum atomic E-state index is 11.9. The second kappa shape index (κ2) is 5.71. The van der Waals surface area contributed by atoms with E-state index < -0.39 is 0 Å². The molecule has 2 N–H and O–H groups in total. The highest BCUT2D eigenvalue weighted by Crippen LogP contribution is 2.19. The second-order valence-electron chi connectivity index (χ2n) is 4.24. The first-order valence-electron chi connectivity index (χ1n) is 5.78. The monoisotopic (exact) mass is 277 g/mol. The van der Waals surface area contributed by atoms with Crippen molar-refractivity contribution in [3.63, 3.8) is 0 Å². The molecule has 0 spiro atoms. The van der Waals surface area contributed by atoms with Crippen molar-refractivity contribution in [3.8, 4) is 5.75 Å². The van der Waals surface area contributed by atoms with E-state index in [1.165, 1.54) is 6.20 Å². The van der Waals surface area contributed by atoms with Gasteiger partial charge in [0, 0.05) is 16.8 Å². The van der Waals surface area contributed by atoms with Crippen LogP contribution in [0.5, 0.6) is 5.75 Å². The lowest BCUT2D eigenvalue weighted by Gasteiger charge is -2.07. The first-order valence-corrected chi connectivity index (χ1v) is 6.16. The average molecular weight is 278 g/mol. The minimum Gasteiger partial charge on any atom is -0.503 e. The van der Waals surface area contributed by atoms with Crippen LogP contribution in [0, 0.1) is 6.92 Å². The predicted octanol–water partition coefficient (Wildman–Crippen LogP) is 2.28. The Kier molecular flexibility index (Phi) is 4.02. The van der Waals surface area contributed by atoms with Gasteiger partial charge in [-0.2, -0.15) is 4.57 Å². The van der Waals surface area contributed by atoms with Gasteiger partial charge in [-0.3, -0.25) is 4.79 Å². The van der Waals surface area contributed by atoms with Gasteiger partial charge in [-0.15, -0.1) is 0 Å². The average Bonchev–Trinajstić information content (AvgIpc) is 2.33. The third kappa shape index (κ3) is 3.69. The zero-order valence-electron chi connectivity index (χ0n) is 10.4.